The Balaban J connectivity index is 1.35. The summed E-state index contributed by atoms with van der Waals surface area (Å²) < 4.78 is 7.63. The fourth-order valence-electron chi connectivity index (χ4n) is 2.86. The molecule has 0 saturated carbocycles. The predicted molar refractivity (Wildman–Crippen MR) is 106 cm³/mol. The van der Waals surface area contributed by atoms with E-state index in [2.05, 4.69) is 44.1 Å². The second-order valence-electron chi connectivity index (χ2n) is 5.80. The molecule has 0 aromatic carbocycles. The molecule has 0 aliphatic carbocycles. The van der Waals surface area contributed by atoms with Gasteiger partial charge in [0.2, 0.25) is 0 Å². The molecule has 2 aliphatic rings. The van der Waals surface area contributed by atoms with Crippen molar-refractivity contribution in [1.82, 2.24) is 19.7 Å². The van der Waals surface area contributed by atoms with Gasteiger partial charge >= 0.3 is 0 Å². The molecule has 0 radical (unpaired) electrons. The summed E-state index contributed by atoms with van der Waals surface area (Å²) in [6.07, 6.45) is 0. The third-order valence-corrected chi connectivity index (χ3v) is 7.61. The summed E-state index contributed by atoms with van der Waals surface area (Å²) in [6.45, 7) is 7.46. The highest BCUT2D eigenvalue weighted by Gasteiger charge is 2.26. The van der Waals surface area contributed by atoms with Gasteiger partial charge in [-0.2, -0.15) is 0 Å². The standard InChI is InChI=1S/C16H21N5OS3/c1-2-21-14(13-4-3-9-23-13)18-19-16(21)24-11-12-10-17-15(25-12)20-5-7-22-8-6-20/h3-4,9,12H,2,5-8,10-11H2,1H3. The third kappa shape index (κ3) is 3.89. The first-order chi connectivity index (χ1) is 12.3. The van der Waals surface area contributed by atoms with E-state index in [1.54, 1.807) is 23.1 Å². The van der Waals surface area contributed by atoms with Gasteiger partial charge in [-0.15, -0.1) is 21.5 Å². The van der Waals surface area contributed by atoms with Crippen LogP contribution < -0.4 is 0 Å². The Hall–Kier alpha value is -1.03. The molecule has 0 amide bonds. The van der Waals surface area contributed by atoms with Gasteiger partial charge in [-0.3, -0.25) is 4.99 Å². The van der Waals surface area contributed by atoms with Crippen molar-refractivity contribution < 1.29 is 4.74 Å². The lowest BCUT2D eigenvalue weighted by molar-refractivity contribution is 0.0693. The average molecular weight is 396 g/mol. The number of hydrogen-bond acceptors (Lipinski definition) is 8. The van der Waals surface area contributed by atoms with Crippen LogP contribution in [0.2, 0.25) is 0 Å². The largest absolute Gasteiger partial charge is 0.378 e. The van der Waals surface area contributed by atoms with Gasteiger partial charge in [0.25, 0.3) is 0 Å². The molecule has 1 saturated heterocycles. The van der Waals surface area contributed by atoms with Crippen molar-refractivity contribution in [3.63, 3.8) is 0 Å². The fourth-order valence-corrected chi connectivity index (χ4v) is 5.89. The maximum absolute atomic E-state index is 5.42. The number of hydrogen-bond donors (Lipinski definition) is 0. The van der Waals surface area contributed by atoms with E-state index in [1.165, 1.54) is 10.0 Å². The van der Waals surface area contributed by atoms with Crippen LogP contribution in [0.1, 0.15) is 6.92 Å². The van der Waals surface area contributed by atoms with Crippen molar-refractivity contribution in [2.24, 2.45) is 4.99 Å². The van der Waals surface area contributed by atoms with Crippen molar-refractivity contribution >= 4 is 40.0 Å². The molecule has 25 heavy (non-hydrogen) atoms. The van der Waals surface area contributed by atoms with E-state index in [1.807, 2.05) is 11.8 Å². The van der Waals surface area contributed by atoms with Gasteiger partial charge in [-0.1, -0.05) is 29.6 Å². The van der Waals surface area contributed by atoms with E-state index in [0.717, 1.165) is 56.1 Å². The van der Waals surface area contributed by atoms with E-state index < -0.39 is 0 Å². The van der Waals surface area contributed by atoms with Crippen molar-refractivity contribution in [3.8, 4) is 10.7 Å². The summed E-state index contributed by atoms with van der Waals surface area (Å²) in [4.78, 5) is 8.26. The molecule has 4 heterocycles. The molecule has 9 heteroatoms. The molecule has 2 aromatic heterocycles. The molecule has 6 nitrogen and oxygen atoms in total. The molecule has 1 fully saturated rings. The number of amidine groups is 1. The second-order valence-corrected chi connectivity index (χ2v) is 9.00. The van der Waals surface area contributed by atoms with Gasteiger partial charge in [-0.25, -0.2) is 0 Å². The van der Waals surface area contributed by atoms with Crippen LogP contribution in [0.5, 0.6) is 0 Å². The Kier molecular flexibility index (Phi) is 5.64. The lowest BCUT2D eigenvalue weighted by Gasteiger charge is -2.28. The van der Waals surface area contributed by atoms with Crippen molar-refractivity contribution in [3.05, 3.63) is 17.5 Å². The molecule has 0 bridgehead atoms. The van der Waals surface area contributed by atoms with Crippen LogP contribution in [0.4, 0.5) is 0 Å². The molecular formula is C16H21N5OS3. The smallest absolute Gasteiger partial charge is 0.191 e. The minimum Gasteiger partial charge on any atom is -0.378 e. The Morgan fingerprint density at radius 3 is 2.96 bits per heavy atom. The number of ether oxygens (including phenoxy) is 1. The average Bonchev–Trinajstić information content (AvgIpc) is 3.39. The van der Waals surface area contributed by atoms with Crippen LogP contribution in [-0.4, -0.2) is 68.7 Å². The Labute approximate surface area is 160 Å². The SMILES string of the molecule is CCn1c(SCC2CN=C(N3CCOCC3)S2)nnc1-c1cccs1. The van der Waals surface area contributed by atoms with Crippen LogP contribution in [0.3, 0.4) is 0 Å². The summed E-state index contributed by atoms with van der Waals surface area (Å²) in [7, 11) is 0. The highest BCUT2D eigenvalue weighted by atomic mass is 32.2. The molecular weight excluding hydrogens is 374 g/mol. The lowest BCUT2D eigenvalue weighted by Crippen LogP contribution is -2.39. The summed E-state index contributed by atoms with van der Waals surface area (Å²) in [5.74, 6) is 1.98. The monoisotopic (exact) mass is 395 g/mol. The minimum atomic E-state index is 0.509. The number of thiophene rings is 1. The first-order valence-electron chi connectivity index (χ1n) is 8.49. The van der Waals surface area contributed by atoms with Crippen LogP contribution in [0.15, 0.2) is 27.7 Å². The second kappa shape index (κ2) is 8.11. The maximum atomic E-state index is 5.42. The van der Waals surface area contributed by atoms with Crippen molar-refractivity contribution in [1.29, 1.82) is 0 Å². The Morgan fingerprint density at radius 1 is 1.32 bits per heavy atom. The zero-order valence-corrected chi connectivity index (χ0v) is 16.6. The van der Waals surface area contributed by atoms with Gasteiger partial charge in [0.1, 0.15) is 0 Å². The number of aromatic nitrogens is 3. The summed E-state index contributed by atoms with van der Waals surface area (Å²) >= 11 is 5.40. The summed E-state index contributed by atoms with van der Waals surface area (Å²) in [6, 6.07) is 4.16. The molecule has 0 spiro atoms. The van der Waals surface area contributed by atoms with Crippen molar-refractivity contribution in [2.45, 2.75) is 23.9 Å². The molecule has 0 N–H and O–H groups in total. The number of aliphatic imine (C=N–C) groups is 1. The zero-order valence-electron chi connectivity index (χ0n) is 14.1. The van der Waals surface area contributed by atoms with Gasteiger partial charge in [0, 0.05) is 30.6 Å². The van der Waals surface area contributed by atoms with Crippen LogP contribution in [0.25, 0.3) is 10.7 Å². The number of thioether (sulfide) groups is 2. The molecule has 1 atom stereocenters. The number of nitrogens with zero attached hydrogens (tertiary/aromatic N) is 5. The van der Waals surface area contributed by atoms with Crippen LogP contribution in [-0.2, 0) is 11.3 Å². The first-order valence-corrected chi connectivity index (χ1v) is 11.2. The highest BCUT2D eigenvalue weighted by Crippen LogP contribution is 2.31. The first kappa shape index (κ1) is 17.4. The molecule has 1 unspecified atom stereocenters. The van der Waals surface area contributed by atoms with Gasteiger partial charge in [-0.05, 0) is 18.4 Å². The van der Waals surface area contributed by atoms with E-state index in [-0.39, 0.29) is 0 Å². The molecule has 4 rings (SSSR count). The Morgan fingerprint density at radius 2 is 2.20 bits per heavy atom. The van der Waals surface area contributed by atoms with E-state index >= 15 is 0 Å². The van der Waals surface area contributed by atoms with Crippen molar-refractivity contribution in [2.75, 3.05) is 38.6 Å². The molecule has 2 aromatic rings. The Bertz CT molecular complexity index is 724. The third-order valence-electron chi connectivity index (χ3n) is 4.16. The lowest BCUT2D eigenvalue weighted by atomic mass is 10.4. The summed E-state index contributed by atoms with van der Waals surface area (Å²) in [5, 5.41) is 13.6. The molecule has 2 aliphatic heterocycles. The van der Waals surface area contributed by atoms with Gasteiger partial charge in [0.15, 0.2) is 16.1 Å². The quantitative estimate of drug-likeness (QED) is 0.726. The normalized spacial score (nSPS) is 20.9. The number of morpholine rings is 1. The van der Waals surface area contributed by atoms with E-state index in [0.29, 0.717) is 5.25 Å². The maximum Gasteiger partial charge on any atom is 0.191 e. The topological polar surface area (TPSA) is 55.5 Å². The van der Waals surface area contributed by atoms with Crippen LogP contribution in [0, 0.1) is 0 Å². The highest BCUT2D eigenvalue weighted by molar-refractivity contribution is 8.15. The van der Waals surface area contributed by atoms with Gasteiger partial charge < -0.3 is 14.2 Å². The molecule has 134 valence electrons. The minimum absolute atomic E-state index is 0.509. The van der Waals surface area contributed by atoms with Gasteiger partial charge in [0.05, 0.1) is 24.6 Å². The summed E-state index contributed by atoms with van der Waals surface area (Å²) in [5.41, 5.74) is 0. The van der Waals surface area contributed by atoms with E-state index in [4.69, 9.17) is 9.73 Å². The number of rotatable bonds is 5. The van der Waals surface area contributed by atoms with Crippen LogP contribution >= 0.6 is 34.9 Å². The fraction of sp³-hybridized carbons (Fsp3) is 0.562. The predicted octanol–water partition coefficient (Wildman–Crippen LogP) is 2.92. The van der Waals surface area contributed by atoms with E-state index in [9.17, 15) is 0 Å². The zero-order chi connectivity index (χ0) is 17.1.